The second-order valence-electron chi connectivity index (χ2n) is 6.14. The first-order chi connectivity index (χ1) is 10.1. The lowest BCUT2D eigenvalue weighted by molar-refractivity contribution is 0.100. The molecule has 3 rings (SSSR count). The average molecular weight is 352 g/mol. The van der Waals surface area contributed by atoms with Gasteiger partial charge < -0.3 is 16.0 Å². The fraction of sp³-hybridized carbons (Fsp3) is 0.562. The minimum atomic E-state index is -0.355. The minimum absolute atomic E-state index is 0.355. The van der Waals surface area contributed by atoms with Crippen molar-refractivity contribution in [2.24, 2.45) is 11.7 Å². The van der Waals surface area contributed by atoms with Crippen molar-refractivity contribution in [2.45, 2.75) is 31.7 Å². The van der Waals surface area contributed by atoms with Gasteiger partial charge in [-0.25, -0.2) is 0 Å². The maximum absolute atomic E-state index is 11.6. The molecule has 2 aliphatic rings. The molecule has 0 unspecified atom stereocenters. The summed E-state index contributed by atoms with van der Waals surface area (Å²) in [6.45, 7) is 3.12. The van der Waals surface area contributed by atoms with Crippen LogP contribution in [0, 0.1) is 5.92 Å². The maximum Gasteiger partial charge on any atom is 0.250 e. The van der Waals surface area contributed by atoms with Gasteiger partial charge in [0.05, 0.1) is 11.3 Å². The van der Waals surface area contributed by atoms with Crippen molar-refractivity contribution in [3.8, 4) is 0 Å². The van der Waals surface area contributed by atoms with Crippen molar-refractivity contribution in [1.82, 2.24) is 5.32 Å². The van der Waals surface area contributed by atoms with Gasteiger partial charge in [0.15, 0.2) is 0 Å². The second-order valence-corrected chi connectivity index (χ2v) is 7.05. The van der Waals surface area contributed by atoms with Gasteiger partial charge in [-0.05, 0) is 56.3 Å². The highest BCUT2D eigenvalue weighted by Crippen LogP contribution is 2.29. The van der Waals surface area contributed by atoms with E-state index in [9.17, 15) is 4.79 Å². The fourth-order valence-corrected chi connectivity index (χ4v) is 3.30. The minimum Gasteiger partial charge on any atom is -0.371 e. The van der Waals surface area contributed by atoms with Crippen molar-refractivity contribution in [1.29, 1.82) is 0 Å². The molecule has 1 heterocycles. The summed E-state index contributed by atoms with van der Waals surface area (Å²) >= 11 is 3.48. The second kappa shape index (κ2) is 6.36. The van der Waals surface area contributed by atoms with Gasteiger partial charge >= 0.3 is 0 Å². The van der Waals surface area contributed by atoms with Crippen molar-refractivity contribution in [2.75, 3.05) is 24.5 Å². The number of carbonyl (C=O) groups is 1. The Bertz CT molecular complexity index is 522. The van der Waals surface area contributed by atoms with E-state index in [4.69, 9.17) is 5.73 Å². The number of carbonyl (C=O) groups excluding carboxylic acids is 1. The van der Waals surface area contributed by atoms with E-state index in [0.717, 1.165) is 42.0 Å². The Balaban J connectivity index is 1.63. The zero-order chi connectivity index (χ0) is 14.8. The number of amides is 1. The van der Waals surface area contributed by atoms with Gasteiger partial charge in [-0.3, -0.25) is 4.79 Å². The normalized spacial score (nSPS) is 19.8. The molecule has 2 fully saturated rings. The highest BCUT2D eigenvalue weighted by Gasteiger charge is 2.25. The molecule has 0 bridgehead atoms. The van der Waals surface area contributed by atoms with E-state index in [1.54, 1.807) is 6.07 Å². The summed E-state index contributed by atoms with van der Waals surface area (Å²) < 4.78 is 0.983. The molecule has 21 heavy (non-hydrogen) atoms. The number of nitrogens with two attached hydrogens (primary N) is 1. The van der Waals surface area contributed by atoms with Gasteiger partial charge in [-0.1, -0.05) is 15.9 Å². The highest BCUT2D eigenvalue weighted by molar-refractivity contribution is 9.10. The largest absolute Gasteiger partial charge is 0.371 e. The van der Waals surface area contributed by atoms with Crippen LogP contribution in [0.15, 0.2) is 22.7 Å². The highest BCUT2D eigenvalue weighted by atomic mass is 79.9. The number of hydrogen-bond acceptors (Lipinski definition) is 3. The SMILES string of the molecule is NC(=O)c1ccc(Br)cc1N1CCC(NCC2CC2)CC1. The zero-order valence-electron chi connectivity index (χ0n) is 12.1. The van der Waals surface area contributed by atoms with Crippen LogP contribution in [0.25, 0.3) is 0 Å². The lowest BCUT2D eigenvalue weighted by Crippen LogP contribution is -2.43. The lowest BCUT2D eigenvalue weighted by atomic mass is 10.0. The molecule has 1 aromatic rings. The van der Waals surface area contributed by atoms with Gasteiger partial charge in [0.25, 0.3) is 5.91 Å². The Labute approximate surface area is 134 Å². The number of benzene rings is 1. The lowest BCUT2D eigenvalue weighted by Gasteiger charge is -2.35. The number of hydrogen-bond donors (Lipinski definition) is 2. The average Bonchev–Trinajstić information content (AvgIpc) is 3.29. The number of nitrogens with zero attached hydrogens (tertiary/aromatic N) is 1. The first-order valence-corrected chi connectivity index (χ1v) is 8.50. The van der Waals surface area contributed by atoms with Crippen LogP contribution < -0.4 is 16.0 Å². The molecular formula is C16H22BrN3O. The van der Waals surface area contributed by atoms with Crippen LogP contribution in [-0.4, -0.2) is 31.6 Å². The van der Waals surface area contributed by atoms with E-state index in [1.807, 2.05) is 12.1 Å². The standard InChI is InChI=1S/C16H22BrN3O/c17-12-3-4-14(16(18)21)15(9-12)20-7-5-13(6-8-20)19-10-11-1-2-11/h3-4,9,11,13,19H,1-2,5-8,10H2,(H2,18,21). The molecule has 114 valence electrons. The zero-order valence-corrected chi connectivity index (χ0v) is 13.7. The van der Waals surface area contributed by atoms with E-state index in [2.05, 4.69) is 26.1 Å². The monoisotopic (exact) mass is 351 g/mol. The smallest absolute Gasteiger partial charge is 0.250 e. The molecule has 1 amide bonds. The molecule has 0 aromatic heterocycles. The van der Waals surface area contributed by atoms with E-state index in [0.29, 0.717) is 11.6 Å². The van der Waals surface area contributed by atoms with Crippen LogP contribution in [0.2, 0.25) is 0 Å². The Hall–Kier alpha value is -1.07. The van der Waals surface area contributed by atoms with Crippen molar-refractivity contribution in [3.05, 3.63) is 28.2 Å². The molecule has 0 atom stereocenters. The van der Waals surface area contributed by atoms with Gasteiger partial charge in [0, 0.05) is 23.6 Å². The molecule has 1 aromatic carbocycles. The van der Waals surface area contributed by atoms with Gasteiger partial charge in [0.1, 0.15) is 0 Å². The summed E-state index contributed by atoms with van der Waals surface area (Å²) in [4.78, 5) is 13.9. The molecule has 0 radical (unpaired) electrons. The summed E-state index contributed by atoms with van der Waals surface area (Å²) in [6, 6.07) is 6.29. The van der Waals surface area contributed by atoms with Crippen LogP contribution in [0.5, 0.6) is 0 Å². The summed E-state index contributed by atoms with van der Waals surface area (Å²) in [5.74, 6) is 0.570. The number of nitrogens with one attached hydrogen (secondary N) is 1. The Morgan fingerprint density at radius 1 is 1.29 bits per heavy atom. The molecule has 4 nitrogen and oxygen atoms in total. The molecular weight excluding hydrogens is 330 g/mol. The first kappa shape index (κ1) is 14.9. The topological polar surface area (TPSA) is 58.4 Å². The van der Waals surface area contributed by atoms with Crippen LogP contribution in [0.1, 0.15) is 36.0 Å². The number of primary amides is 1. The van der Waals surface area contributed by atoms with Crippen LogP contribution in [0.3, 0.4) is 0 Å². The predicted molar refractivity (Wildman–Crippen MR) is 88.6 cm³/mol. The Morgan fingerprint density at radius 2 is 2.00 bits per heavy atom. The quantitative estimate of drug-likeness (QED) is 0.856. The molecule has 5 heteroatoms. The summed E-state index contributed by atoms with van der Waals surface area (Å²) in [5.41, 5.74) is 7.06. The molecule has 3 N–H and O–H groups in total. The van der Waals surface area contributed by atoms with Gasteiger partial charge in [-0.15, -0.1) is 0 Å². The van der Waals surface area contributed by atoms with E-state index in [1.165, 1.54) is 19.4 Å². The van der Waals surface area contributed by atoms with E-state index < -0.39 is 0 Å². The fourth-order valence-electron chi connectivity index (χ4n) is 2.95. The van der Waals surface area contributed by atoms with Gasteiger partial charge in [-0.2, -0.15) is 0 Å². The third kappa shape index (κ3) is 3.77. The van der Waals surface area contributed by atoms with Crippen molar-refractivity contribution < 1.29 is 4.79 Å². The van der Waals surface area contributed by atoms with Gasteiger partial charge in [0.2, 0.25) is 0 Å². The number of halogens is 1. The van der Waals surface area contributed by atoms with Crippen molar-refractivity contribution in [3.63, 3.8) is 0 Å². The van der Waals surface area contributed by atoms with Crippen molar-refractivity contribution >= 4 is 27.5 Å². The first-order valence-electron chi connectivity index (χ1n) is 7.71. The maximum atomic E-state index is 11.6. The third-order valence-corrected chi connectivity index (χ3v) is 4.95. The molecule has 1 aliphatic carbocycles. The molecule has 1 aliphatic heterocycles. The number of anilines is 1. The van der Waals surface area contributed by atoms with Crippen LogP contribution in [-0.2, 0) is 0 Å². The molecule has 1 saturated carbocycles. The molecule has 0 spiro atoms. The van der Waals surface area contributed by atoms with E-state index >= 15 is 0 Å². The number of piperidine rings is 1. The predicted octanol–water partition coefficient (Wildman–Crippen LogP) is 2.52. The van der Waals surface area contributed by atoms with Crippen LogP contribution >= 0.6 is 15.9 Å². The summed E-state index contributed by atoms with van der Waals surface area (Å²) in [7, 11) is 0. The summed E-state index contributed by atoms with van der Waals surface area (Å²) in [6.07, 6.45) is 5.03. The molecule has 1 saturated heterocycles. The van der Waals surface area contributed by atoms with E-state index in [-0.39, 0.29) is 5.91 Å². The Morgan fingerprint density at radius 3 is 2.62 bits per heavy atom. The Kier molecular flexibility index (Phi) is 4.50. The third-order valence-electron chi connectivity index (χ3n) is 4.45. The number of rotatable bonds is 5. The van der Waals surface area contributed by atoms with Crippen LogP contribution in [0.4, 0.5) is 5.69 Å². The summed E-state index contributed by atoms with van der Waals surface area (Å²) in [5, 5.41) is 3.68.